The van der Waals surface area contributed by atoms with E-state index >= 15 is 0 Å². The molecule has 0 spiro atoms. The van der Waals surface area contributed by atoms with Crippen LogP contribution in [0.3, 0.4) is 0 Å². The van der Waals surface area contributed by atoms with E-state index in [1.165, 1.54) is 6.92 Å². The third kappa shape index (κ3) is 4.72. The van der Waals surface area contributed by atoms with Gasteiger partial charge in [-0.05, 0) is 47.7 Å². The van der Waals surface area contributed by atoms with E-state index in [4.69, 9.17) is 4.74 Å². The fourth-order valence-corrected chi connectivity index (χ4v) is 3.72. The van der Waals surface area contributed by atoms with Crippen molar-refractivity contribution in [2.45, 2.75) is 42.8 Å². The van der Waals surface area contributed by atoms with Crippen molar-refractivity contribution in [1.82, 2.24) is 19.8 Å². The molecule has 1 fully saturated rings. The Morgan fingerprint density at radius 2 is 1.64 bits per heavy atom. The number of tetrazole rings is 1. The van der Waals surface area contributed by atoms with Crippen molar-refractivity contribution < 1.29 is 53.4 Å². The van der Waals surface area contributed by atoms with Gasteiger partial charge in [-0.25, -0.2) is 22.4 Å². The van der Waals surface area contributed by atoms with Crippen LogP contribution in [-0.2, 0) is 10.3 Å². The van der Waals surface area contributed by atoms with E-state index in [1.54, 1.807) is 0 Å². The number of alkyl halides is 8. The van der Waals surface area contributed by atoms with Crippen molar-refractivity contribution in [3.63, 3.8) is 0 Å². The lowest BCUT2D eigenvalue weighted by Gasteiger charge is -2.31. The predicted octanol–water partition coefficient (Wildman–Crippen LogP) is 4.74. The van der Waals surface area contributed by atoms with Gasteiger partial charge in [-0.15, -0.1) is 0 Å². The monoisotopic (exact) mass is 574 g/mol. The van der Waals surface area contributed by atoms with Crippen LogP contribution in [0.4, 0.5) is 43.9 Å². The Balaban J connectivity index is 1.50. The molecule has 0 bridgehead atoms. The van der Waals surface area contributed by atoms with Crippen molar-refractivity contribution >= 4 is 0 Å². The Labute approximate surface area is 211 Å². The first-order valence-corrected chi connectivity index (χ1v) is 10.8. The van der Waals surface area contributed by atoms with E-state index in [2.05, 4.69) is 15.2 Å². The zero-order valence-corrected chi connectivity index (χ0v) is 19.4. The standard InChI is InChI=1S/C22H16F10N4O3/c1-11(19(9-39-19)15-7-2-12(23)8-16(15)24)35-18(37)36(34-33-35)13-3-5-14(6-4-13)38-10-20(27,28)22(31,32)21(29,30)17(25)26/h2-8,11,17H,9-10H2,1H3/t11-,19-/m1/s1. The lowest BCUT2D eigenvalue weighted by atomic mass is 9.92. The summed E-state index contributed by atoms with van der Waals surface area (Å²) in [5.74, 6) is -20.7. The lowest BCUT2D eigenvalue weighted by molar-refractivity contribution is -0.342. The smallest absolute Gasteiger partial charge is 0.381 e. The molecule has 0 amide bonds. The van der Waals surface area contributed by atoms with Gasteiger partial charge >= 0.3 is 29.9 Å². The molecule has 1 aromatic heterocycles. The first kappa shape index (κ1) is 28.4. The van der Waals surface area contributed by atoms with Gasteiger partial charge in [0.25, 0.3) is 0 Å². The molecule has 3 aromatic rings. The maximum atomic E-state index is 14.3. The van der Waals surface area contributed by atoms with Crippen LogP contribution in [0.5, 0.6) is 5.75 Å². The second-order valence-electron chi connectivity index (χ2n) is 8.58. The second kappa shape index (κ2) is 9.53. The van der Waals surface area contributed by atoms with Gasteiger partial charge in [-0.3, -0.25) is 0 Å². The van der Waals surface area contributed by atoms with Gasteiger partial charge in [0.15, 0.2) is 6.61 Å². The van der Waals surface area contributed by atoms with Gasteiger partial charge in [-0.1, -0.05) is 6.07 Å². The molecule has 212 valence electrons. The molecule has 2 atom stereocenters. The molecule has 17 heteroatoms. The van der Waals surface area contributed by atoms with Gasteiger partial charge in [0, 0.05) is 11.6 Å². The fraction of sp³-hybridized carbons (Fsp3) is 0.409. The Bertz CT molecular complexity index is 1400. The number of halogens is 10. The predicted molar refractivity (Wildman–Crippen MR) is 111 cm³/mol. The Morgan fingerprint density at radius 1 is 1.03 bits per heavy atom. The number of nitrogens with zero attached hydrogens (tertiary/aromatic N) is 4. The minimum absolute atomic E-state index is 0.0189. The van der Waals surface area contributed by atoms with Crippen LogP contribution in [0.25, 0.3) is 5.69 Å². The lowest BCUT2D eigenvalue weighted by Crippen LogP contribution is -2.59. The quantitative estimate of drug-likeness (QED) is 0.258. The topological polar surface area (TPSA) is 74.5 Å². The van der Waals surface area contributed by atoms with Gasteiger partial charge in [-0.2, -0.15) is 35.7 Å². The molecule has 0 unspecified atom stereocenters. The fourth-order valence-electron chi connectivity index (χ4n) is 3.72. The van der Waals surface area contributed by atoms with E-state index in [-0.39, 0.29) is 17.9 Å². The summed E-state index contributed by atoms with van der Waals surface area (Å²) in [5, 5.41) is 7.38. The van der Waals surface area contributed by atoms with Gasteiger partial charge in [0.2, 0.25) is 0 Å². The van der Waals surface area contributed by atoms with Gasteiger partial charge < -0.3 is 9.47 Å². The molecule has 1 aliphatic rings. The third-order valence-electron chi connectivity index (χ3n) is 6.14. The Kier molecular flexibility index (Phi) is 6.94. The highest BCUT2D eigenvalue weighted by Gasteiger charge is 2.75. The number of benzene rings is 2. The number of hydrogen-bond donors (Lipinski definition) is 0. The summed E-state index contributed by atoms with van der Waals surface area (Å²) in [6.45, 7) is -0.910. The van der Waals surface area contributed by atoms with Crippen LogP contribution in [0.1, 0.15) is 18.5 Å². The van der Waals surface area contributed by atoms with E-state index in [1.807, 2.05) is 0 Å². The molecule has 0 aliphatic carbocycles. The largest absolute Gasteiger partial charge is 0.487 e. The number of epoxide rings is 1. The molecular formula is C22H16F10N4O3. The number of rotatable bonds is 10. The van der Waals surface area contributed by atoms with E-state index in [0.29, 0.717) is 6.07 Å². The molecule has 0 saturated carbocycles. The second-order valence-corrected chi connectivity index (χ2v) is 8.58. The van der Waals surface area contributed by atoms with E-state index in [9.17, 15) is 48.7 Å². The van der Waals surface area contributed by atoms with Gasteiger partial charge in [0.05, 0.1) is 18.3 Å². The molecule has 7 nitrogen and oxygen atoms in total. The zero-order valence-electron chi connectivity index (χ0n) is 19.4. The highest BCUT2D eigenvalue weighted by Crippen LogP contribution is 2.49. The highest BCUT2D eigenvalue weighted by molar-refractivity contribution is 5.36. The summed E-state index contributed by atoms with van der Waals surface area (Å²) in [7, 11) is 0. The van der Waals surface area contributed by atoms with Crippen LogP contribution in [-0.4, -0.2) is 57.2 Å². The van der Waals surface area contributed by atoms with Crippen LogP contribution in [0.2, 0.25) is 0 Å². The number of ether oxygens (including phenoxy) is 2. The number of hydrogen-bond acceptors (Lipinski definition) is 5. The molecule has 39 heavy (non-hydrogen) atoms. The Hall–Kier alpha value is -3.63. The van der Waals surface area contributed by atoms with E-state index in [0.717, 1.165) is 45.8 Å². The highest BCUT2D eigenvalue weighted by atomic mass is 19.4. The van der Waals surface area contributed by atoms with Crippen molar-refractivity contribution in [1.29, 1.82) is 0 Å². The van der Waals surface area contributed by atoms with E-state index < -0.39 is 65.5 Å². The molecule has 0 radical (unpaired) electrons. The van der Waals surface area contributed by atoms with Gasteiger partial charge in [0.1, 0.15) is 23.0 Å². The molecule has 1 saturated heterocycles. The Morgan fingerprint density at radius 3 is 2.18 bits per heavy atom. The van der Waals surface area contributed by atoms with Crippen LogP contribution in [0.15, 0.2) is 47.3 Å². The summed E-state index contributed by atoms with van der Waals surface area (Å²) in [6, 6.07) is 5.77. The van der Waals surface area contributed by atoms with Crippen molar-refractivity contribution in [2.75, 3.05) is 13.2 Å². The molecule has 4 rings (SSSR count). The van der Waals surface area contributed by atoms with Crippen LogP contribution < -0.4 is 10.4 Å². The minimum Gasteiger partial charge on any atom is -0.487 e. The van der Waals surface area contributed by atoms with Crippen LogP contribution >= 0.6 is 0 Å². The van der Waals surface area contributed by atoms with Crippen LogP contribution in [0, 0.1) is 11.6 Å². The average Bonchev–Trinajstić information content (AvgIpc) is 3.58. The molecule has 0 N–H and O–H groups in total. The minimum atomic E-state index is -6.42. The normalized spacial score (nSPS) is 18.9. The first-order chi connectivity index (χ1) is 18.0. The molecule has 1 aliphatic heterocycles. The SMILES string of the molecule is C[C@@H](n1nnn(-c2ccc(OCC(F)(F)C(F)(F)C(F)(F)C(F)F)cc2)c1=O)[C@@]1(c2ccc(F)cc2F)CO1. The maximum absolute atomic E-state index is 14.3. The molecule has 2 heterocycles. The maximum Gasteiger partial charge on any atom is 0.381 e. The summed E-state index contributed by atoms with van der Waals surface area (Å²) in [6.07, 6.45) is -5.05. The number of aromatic nitrogens is 4. The third-order valence-corrected chi connectivity index (χ3v) is 6.14. The van der Waals surface area contributed by atoms with Crippen molar-refractivity contribution in [3.8, 4) is 11.4 Å². The molecule has 2 aromatic carbocycles. The summed E-state index contributed by atoms with van der Waals surface area (Å²) in [5.41, 5.74) is -2.26. The summed E-state index contributed by atoms with van der Waals surface area (Å²) in [4.78, 5) is 12.9. The summed E-state index contributed by atoms with van der Waals surface area (Å²) < 4.78 is 144. The molecular weight excluding hydrogens is 558 g/mol. The first-order valence-electron chi connectivity index (χ1n) is 10.8. The summed E-state index contributed by atoms with van der Waals surface area (Å²) >= 11 is 0. The van der Waals surface area contributed by atoms with Crippen molar-refractivity contribution in [3.05, 3.63) is 70.1 Å². The zero-order chi connectivity index (χ0) is 29.0. The van der Waals surface area contributed by atoms with Crippen molar-refractivity contribution in [2.24, 2.45) is 0 Å². The average molecular weight is 574 g/mol.